The number of benzene rings is 1. The summed E-state index contributed by atoms with van der Waals surface area (Å²) in [7, 11) is 0. The van der Waals surface area contributed by atoms with Gasteiger partial charge in [-0.05, 0) is 37.3 Å². The van der Waals surface area contributed by atoms with Crippen LogP contribution in [0.1, 0.15) is 55.2 Å². The van der Waals surface area contributed by atoms with Crippen LogP contribution in [0, 0.1) is 11.3 Å². The second-order valence-electron chi connectivity index (χ2n) is 7.18. The lowest BCUT2D eigenvalue weighted by atomic mass is 9.98. The Kier molecular flexibility index (Phi) is 5.01. The Hall–Kier alpha value is -2.94. The Balaban J connectivity index is 1.43. The Morgan fingerprint density at radius 2 is 2.15 bits per heavy atom. The summed E-state index contributed by atoms with van der Waals surface area (Å²) in [5, 5.41) is 19.2. The van der Waals surface area contributed by atoms with Gasteiger partial charge in [-0.15, -0.1) is 10.2 Å². The van der Waals surface area contributed by atoms with Gasteiger partial charge in [0.2, 0.25) is 0 Å². The third-order valence-electron chi connectivity index (χ3n) is 5.39. The fourth-order valence-electron chi connectivity index (χ4n) is 3.93. The van der Waals surface area contributed by atoms with Crippen LogP contribution in [0.25, 0.3) is 10.9 Å². The van der Waals surface area contributed by atoms with Gasteiger partial charge in [-0.3, -0.25) is 4.79 Å². The monoisotopic (exact) mass is 361 g/mol. The molecule has 1 N–H and O–H groups in total. The number of nitrogens with one attached hydrogen (secondary N) is 1. The van der Waals surface area contributed by atoms with Gasteiger partial charge in [-0.1, -0.05) is 24.6 Å². The summed E-state index contributed by atoms with van der Waals surface area (Å²) in [6, 6.07) is 10.3. The van der Waals surface area contributed by atoms with Gasteiger partial charge in [0.05, 0.1) is 6.07 Å². The number of nitrogens with zero attached hydrogens (tertiary/aromatic N) is 4. The second-order valence-corrected chi connectivity index (χ2v) is 7.18. The summed E-state index contributed by atoms with van der Waals surface area (Å²) in [5.74, 6) is 0.574. The summed E-state index contributed by atoms with van der Waals surface area (Å²) in [6.07, 6.45) is 8.08. The average Bonchev–Trinajstić information content (AvgIpc) is 3.19. The molecule has 0 amide bonds. The van der Waals surface area contributed by atoms with E-state index in [0.29, 0.717) is 12.2 Å². The molecule has 0 aliphatic carbocycles. The number of carbonyl (C=O) groups is 1. The second kappa shape index (κ2) is 7.75. The number of aromatic nitrogens is 4. The molecule has 3 heterocycles. The van der Waals surface area contributed by atoms with E-state index in [2.05, 4.69) is 27.3 Å². The number of carbonyl (C=O) groups excluding carboxylic acids is 1. The maximum absolute atomic E-state index is 12.7. The van der Waals surface area contributed by atoms with E-state index in [0.717, 1.165) is 56.4 Å². The van der Waals surface area contributed by atoms with Crippen LogP contribution in [0.5, 0.6) is 0 Å². The minimum atomic E-state index is -0.813. The number of Topliss-reactive ketones (excluding diaryl/α,β-unsaturated/α-hetero) is 1. The first-order chi connectivity index (χ1) is 13.3. The largest absolute Gasteiger partial charge is 0.361 e. The molecule has 1 atom stereocenters. The lowest BCUT2D eigenvalue weighted by Gasteiger charge is -2.11. The van der Waals surface area contributed by atoms with Crippen LogP contribution in [0.4, 0.5) is 0 Å². The molecule has 0 saturated carbocycles. The van der Waals surface area contributed by atoms with Crippen molar-refractivity contribution in [1.29, 1.82) is 5.26 Å². The maximum atomic E-state index is 12.7. The number of aromatic amines is 1. The molecule has 0 fully saturated rings. The summed E-state index contributed by atoms with van der Waals surface area (Å²) < 4.78 is 2.00. The van der Waals surface area contributed by atoms with E-state index in [1.807, 2.05) is 29.0 Å². The molecule has 0 unspecified atom stereocenters. The van der Waals surface area contributed by atoms with Crippen LogP contribution >= 0.6 is 0 Å². The van der Waals surface area contributed by atoms with Crippen molar-refractivity contribution in [3.8, 4) is 6.07 Å². The number of nitriles is 1. The highest BCUT2D eigenvalue weighted by Crippen LogP contribution is 2.23. The van der Waals surface area contributed by atoms with Crippen LogP contribution in [-0.4, -0.2) is 25.5 Å². The molecule has 1 aromatic carbocycles. The minimum absolute atomic E-state index is 0.0585. The van der Waals surface area contributed by atoms with Gasteiger partial charge in [0, 0.05) is 36.5 Å². The minimum Gasteiger partial charge on any atom is -0.361 e. The van der Waals surface area contributed by atoms with E-state index in [1.165, 1.54) is 10.9 Å². The molecule has 0 radical (unpaired) electrons. The number of para-hydroxylation sites is 1. The highest BCUT2D eigenvalue weighted by Gasteiger charge is 2.27. The van der Waals surface area contributed by atoms with Crippen molar-refractivity contribution in [2.45, 2.75) is 57.4 Å². The third-order valence-corrected chi connectivity index (χ3v) is 5.39. The average molecular weight is 361 g/mol. The first-order valence-corrected chi connectivity index (χ1v) is 9.67. The normalized spacial score (nSPS) is 15.1. The molecule has 4 rings (SSSR count). The SMILES string of the molecule is N#C[C@H](C(=O)CCCc1c[nH]c2ccccc12)c1nnc2n1CCCCC2. The zero-order valence-corrected chi connectivity index (χ0v) is 15.3. The van der Waals surface area contributed by atoms with Gasteiger partial charge in [0.1, 0.15) is 5.82 Å². The first-order valence-electron chi connectivity index (χ1n) is 9.67. The van der Waals surface area contributed by atoms with Crippen molar-refractivity contribution in [2.24, 2.45) is 0 Å². The molecular weight excluding hydrogens is 338 g/mol. The molecule has 1 aliphatic heterocycles. The highest BCUT2D eigenvalue weighted by molar-refractivity contribution is 5.87. The van der Waals surface area contributed by atoms with Crippen LogP contribution < -0.4 is 0 Å². The number of hydrogen-bond acceptors (Lipinski definition) is 4. The number of fused-ring (bicyclic) bond motifs is 2. The summed E-state index contributed by atoms with van der Waals surface area (Å²) in [5.41, 5.74) is 2.32. The smallest absolute Gasteiger partial charge is 0.164 e. The van der Waals surface area contributed by atoms with Crippen LogP contribution in [0.15, 0.2) is 30.5 Å². The van der Waals surface area contributed by atoms with E-state index in [4.69, 9.17) is 0 Å². The van der Waals surface area contributed by atoms with E-state index in [-0.39, 0.29) is 5.78 Å². The predicted molar refractivity (Wildman–Crippen MR) is 102 cm³/mol. The van der Waals surface area contributed by atoms with Gasteiger partial charge in [0.25, 0.3) is 0 Å². The molecule has 0 saturated heterocycles. The lowest BCUT2D eigenvalue weighted by Crippen LogP contribution is -2.17. The van der Waals surface area contributed by atoms with Gasteiger partial charge in [-0.2, -0.15) is 5.26 Å². The van der Waals surface area contributed by atoms with Crippen LogP contribution in [-0.2, 0) is 24.2 Å². The van der Waals surface area contributed by atoms with Crippen molar-refractivity contribution in [1.82, 2.24) is 19.7 Å². The lowest BCUT2D eigenvalue weighted by molar-refractivity contribution is -0.119. The van der Waals surface area contributed by atoms with E-state index >= 15 is 0 Å². The topological polar surface area (TPSA) is 87.4 Å². The summed E-state index contributed by atoms with van der Waals surface area (Å²) in [6.45, 7) is 0.804. The molecule has 6 nitrogen and oxygen atoms in total. The van der Waals surface area contributed by atoms with E-state index in [1.54, 1.807) is 0 Å². The van der Waals surface area contributed by atoms with E-state index in [9.17, 15) is 10.1 Å². The highest BCUT2D eigenvalue weighted by atomic mass is 16.1. The van der Waals surface area contributed by atoms with Gasteiger partial charge >= 0.3 is 0 Å². The predicted octanol–water partition coefficient (Wildman–Crippen LogP) is 3.68. The maximum Gasteiger partial charge on any atom is 0.164 e. The number of hydrogen-bond donors (Lipinski definition) is 1. The van der Waals surface area contributed by atoms with Crippen molar-refractivity contribution in [3.63, 3.8) is 0 Å². The molecule has 6 heteroatoms. The summed E-state index contributed by atoms with van der Waals surface area (Å²) >= 11 is 0. The van der Waals surface area contributed by atoms with Crippen molar-refractivity contribution in [3.05, 3.63) is 47.7 Å². The molecule has 0 bridgehead atoms. The summed E-state index contributed by atoms with van der Waals surface area (Å²) in [4.78, 5) is 16.0. The Morgan fingerprint density at radius 3 is 3.04 bits per heavy atom. The molecule has 2 aromatic heterocycles. The van der Waals surface area contributed by atoms with Crippen molar-refractivity contribution < 1.29 is 4.79 Å². The number of H-pyrrole nitrogens is 1. The number of ketones is 1. The van der Waals surface area contributed by atoms with Gasteiger partial charge in [-0.25, -0.2) is 0 Å². The fourth-order valence-corrected chi connectivity index (χ4v) is 3.93. The zero-order valence-electron chi connectivity index (χ0n) is 15.3. The standard InChI is InChI=1S/C21H23N5O/c22-13-17(21-25-24-20-11-2-1-5-12-26(20)21)19(27)10-6-7-15-14-23-18-9-4-3-8-16(15)18/h3-4,8-9,14,17,23H,1-2,5-7,10-12H2/t17-/m1/s1. The molecule has 138 valence electrons. The van der Waals surface area contributed by atoms with Crippen molar-refractivity contribution in [2.75, 3.05) is 0 Å². The third kappa shape index (κ3) is 3.50. The molecule has 0 spiro atoms. The quantitative estimate of drug-likeness (QED) is 0.725. The van der Waals surface area contributed by atoms with Crippen molar-refractivity contribution >= 4 is 16.7 Å². The molecule has 27 heavy (non-hydrogen) atoms. The van der Waals surface area contributed by atoms with Gasteiger partial charge < -0.3 is 9.55 Å². The zero-order chi connectivity index (χ0) is 18.6. The number of aryl methyl sites for hydroxylation is 2. The van der Waals surface area contributed by atoms with Crippen LogP contribution in [0.2, 0.25) is 0 Å². The Bertz CT molecular complexity index is 994. The first kappa shape index (κ1) is 17.5. The molecule has 3 aromatic rings. The fraction of sp³-hybridized carbons (Fsp3) is 0.429. The number of rotatable bonds is 6. The van der Waals surface area contributed by atoms with E-state index < -0.39 is 5.92 Å². The molecule has 1 aliphatic rings. The molecular formula is C21H23N5O. The Morgan fingerprint density at radius 1 is 1.26 bits per heavy atom. The van der Waals surface area contributed by atoms with Gasteiger partial charge in [0.15, 0.2) is 17.5 Å². The Labute approximate surface area is 158 Å². The van der Waals surface area contributed by atoms with Crippen LogP contribution in [0.3, 0.4) is 0 Å².